The highest BCUT2D eigenvalue weighted by Gasteiger charge is 2.32. The normalized spacial score (nSPS) is 14.9. The van der Waals surface area contributed by atoms with E-state index >= 15 is 0 Å². The van der Waals surface area contributed by atoms with Crippen LogP contribution in [-0.4, -0.2) is 34.4 Å². The van der Waals surface area contributed by atoms with Crippen molar-refractivity contribution in [2.75, 3.05) is 6.54 Å². The molecule has 2 aromatic carbocycles. The number of aromatic nitrogens is 1. The van der Waals surface area contributed by atoms with Crippen LogP contribution >= 0.6 is 0 Å². The minimum atomic E-state index is -0.318. The molecular formula is C30H42N2O3. The van der Waals surface area contributed by atoms with Crippen molar-refractivity contribution in [1.29, 1.82) is 0 Å². The largest absolute Gasteiger partial charge is 0.462 e. The molecule has 5 nitrogen and oxygen atoms in total. The molecule has 3 aromatic rings. The van der Waals surface area contributed by atoms with Gasteiger partial charge < -0.3 is 14.6 Å². The number of carbonyl (C=O) groups is 2. The fourth-order valence-electron chi connectivity index (χ4n) is 4.01. The molecule has 0 spiro atoms. The van der Waals surface area contributed by atoms with Crippen LogP contribution in [0.25, 0.3) is 10.9 Å². The number of aromatic amines is 1. The number of H-pyrrole nitrogens is 1. The second-order valence-corrected chi connectivity index (χ2v) is 10.5. The Morgan fingerprint density at radius 3 is 2.23 bits per heavy atom. The Morgan fingerprint density at radius 1 is 1.09 bits per heavy atom. The van der Waals surface area contributed by atoms with Gasteiger partial charge >= 0.3 is 0 Å². The number of carbonyl (C=O) groups excluding carboxylic acids is 2. The highest BCUT2D eigenvalue weighted by atomic mass is 16.5. The minimum Gasteiger partial charge on any atom is -0.462 e. The van der Waals surface area contributed by atoms with Crippen LogP contribution in [-0.2, 0) is 27.2 Å². The Morgan fingerprint density at radius 2 is 1.69 bits per heavy atom. The molecule has 190 valence electrons. The van der Waals surface area contributed by atoms with Crippen LogP contribution in [0.3, 0.4) is 0 Å². The fraction of sp³-hybridized carbons (Fsp3) is 0.467. The predicted molar refractivity (Wildman–Crippen MR) is 144 cm³/mol. The maximum atomic E-state index is 12.5. The summed E-state index contributed by atoms with van der Waals surface area (Å²) >= 11 is 0. The summed E-state index contributed by atoms with van der Waals surface area (Å²) in [6, 6.07) is 19.0. The summed E-state index contributed by atoms with van der Waals surface area (Å²) in [5.41, 5.74) is 4.72. The standard InChI is InChI=1S/C21H22N2O.C5H10O2.C4H10/c1-2-20(24)23-13-12-17-16-10-6-7-11-18(16)22-21(17)19(23)14-15-8-4-3-5-9-15;1-5(2,3)7-4-6;1-4(2)3/h3-11,19,22H,2,12-14H2,1H3;4H,1-3H3;4H,1-3H3. The zero-order valence-electron chi connectivity index (χ0n) is 22.4. The van der Waals surface area contributed by atoms with Gasteiger partial charge in [-0.2, -0.15) is 0 Å². The number of benzene rings is 2. The number of ether oxygens (including phenoxy) is 1. The Bertz CT molecular complexity index is 1060. The van der Waals surface area contributed by atoms with Crippen molar-refractivity contribution < 1.29 is 14.3 Å². The van der Waals surface area contributed by atoms with Gasteiger partial charge in [-0.1, -0.05) is 76.2 Å². The summed E-state index contributed by atoms with van der Waals surface area (Å²) in [6.07, 6.45) is 2.34. The van der Waals surface area contributed by atoms with E-state index in [-0.39, 0.29) is 17.6 Å². The van der Waals surface area contributed by atoms with Crippen LogP contribution < -0.4 is 0 Å². The SMILES string of the molecule is CC(C)(C)OC=O.CC(C)C.CCC(=O)N1CCc2c([nH]c3ccccc23)C1Cc1ccccc1. The van der Waals surface area contributed by atoms with E-state index in [9.17, 15) is 9.59 Å². The van der Waals surface area contributed by atoms with E-state index in [1.54, 1.807) is 0 Å². The average molecular weight is 479 g/mol. The third kappa shape index (κ3) is 8.57. The van der Waals surface area contributed by atoms with Crippen molar-refractivity contribution in [2.45, 2.75) is 79.4 Å². The number of hydrogen-bond acceptors (Lipinski definition) is 3. The van der Waals surface area contributed by atoms with E-state index in [1.807, 2.05) is 33.8 Å². The molecule has 0 saturated heterocycles. The number of nitrogens with one attached hydrogen (secondary N) is 1. The molecule has 1 amide bonds. The molecule has 0 saturated carbocycles. The third-order valence-corrected chi connectivity index (χ3v) is 5.46. The van der Waals surface area contributed by atoms with Crippen molar-refractivity contribution in [3.8, 4) is 0 Å². The van der Waals surface area contributed by atoms with E-state index in [4.69, 9.17) is 0 Å². The second-order valence-electron chi connectivity index (χ2n) is 10.5. The molecule has 1 atom stereocenters. The smallest absolute Gasteiger partial charge is 0.293 e. The lowest BCUT2D eigenvalue weighted by Gasteiger charge is -2.36. The molecule has 5 heteroatoms. The van der Waals surface area contributed by atoms with Crippen molar-refractivity contribution >= 4 is 23.3 Å². The van der Waals surface area contributed by atoms with E-state index in [1.165, 1.54) is 27.7 Å². The van der Waals surface area contributed by atoms with Gasteiger partial charge in [0, 0.05) is 29.6 Å². The van der Waals surface area contributed by atoms with E-state index in [2.05, 4.69) is 83.9 Å². The van der Waals surface area contributed by atoms with Crippen molar-refractivity contribution in [2.24, 2.45) is 5.92 Å². The van der Waals surface area contributed by atoms with Gasteiger partial charge in [0.25, 0.3) is 6.47 Å². The summed E-state index contributed by atoms with van der Waals surface area (Å²) in [5.74, 6) is 1.07. The van der Waals surface area contributed by atoms with E-state index in [0.717, 1.165) is 25.3 Å². The van der Waals surface area contributed by atoms with Crippen molar-refractivity contribution in [3.05, 3.63) is 71.4 Å². The molecule has 1 N–H and O–H groups in total. The molecule has 0 fully saturated rings. The first-order valence-electron chi connectivity index (χ1n) is 12.6. The molecule has 35 heavy (non-hydrogen) atoms. The van der Waals surface area contributed by atoms with Crippen molar-refractivity contribution in [1.82, 2.24) is 9.88 Å². The van der Waals surface area contributed by atoms with Crippen LogP contribution in [0.2, 0.25) is 0 Å². The lowest BCUT2D eigenvalue weighted by atomic mass is 9.92. The third-order valence-electron chi connectivity index (χ3n) is 5.46. The maximum Gasteiger partial charge on any atom is 0.293 e. The molecule has 1 aliphatic heterocycles. The monoisotopic (exact) mass is 478 g/mol. The summed E-state index contributed by atoms with van der Waals surface area (Å²) in [6.45, 7) is 15.2. The van der Waals surface area contributed by atoms with Gasteiger partial charge in [0.05, 0.1) is 6.04 Å². The van der Waals surface area contributed by atoms with Crippen LogP contribution in [0.4, 0.5) is 0 Å². The van der Waals surface area contributed by atoms with E-state index in [0.29, 0.717) is 12.9 Å². The first kappa shape index (κ1) is 28.2. The number of amides is 1. The molecule has 1 unspecified atom stereocenters. The van der Waals surface area contributed by atoms with Crippen molar-refractivity contribution in [3.63, 3.8) is 0 Å². The molecular weight excluding hydrogens is 436 g/mol. The lowest BCUT2D eigenvalue weighted by molar-refractivity contribution is -0.138. The van der Waals surface area contributed by atoms with Crippen LogP contribution in [0.15, 0.2) is 54.6 Å². The summed E-state index contributed by atoms with van der Waals surface area (Å²) < 4.78 is 4.55. The topological polar surface area (TPSA) is 62.4 Å². The molecule has 1 aromatic heterocycles. The van der Waals surface area contributed by atoms with Gasteiger partial charge in [-0.25, -0.2) is 0 Å². The Hall–Kier alpha value is -3.08. The predicted octanol–water partition coefficient (Wildman–Crippen LogP) is 6.87. The molecule has 0 radical (unpaired) electrons. The summed E-state index contributed by atoms with van der Waals surface area (Å²) in [7, 11) is 0. The second kappa shape index (κ2) is 13.1. The van der Waals surface area contributed by atoms with Crippen LogP contribution in [0, 0.1) is 5.92 Å². The zero-order chi connectivity index (χ0) is 26.0. The number of rotatable bonds is 4. The highest BCUT2D eigenvalue weighted by Crippen LogP contribution is 2.36. The molecule has 0 aliphatic carbocycles. The maximum absolute atomic E-state index is 12.5. The zero-order valence-corrected chi connectivity index (χ0v) is 22.4. The Labute approximate surface area is 210 Å². The van der Waals surface area contributed by atoms with Gasteiger partial charge in [-0.3, -0.25) is 9.59 Å². The highest BCUT2D eigenvalue weighted by molar-refractivity contribution is 5.86. The van der Waals surface area contributed by atoms with Gasteiger partial charge in [0.1, 0.15) is 5.60 Å². The first-order chi connectivity index (χ1) is 16.6. The van der Waals surface area contributed by atoms with Gasteiger partial charge in [0.2, 0.25) is 5.91 Å². The fourth-order valence-corrected chi connectivity index (χ4v) is 4.01. The molecule has 4 rings (SSSR count). The number of para-hydroxylation sites is 1. The summed E-state index contributed by atoms with van der Waals surface area (Å²) in [4.78, 5) is 27.8. The van der Waals surface area contributed by atoms with Crippen LogP contribution in [0.5, 0.6) is 0 Å². The Balaban J connectivity index is 0.000000332. The molecule has 2 heterocycles. The van der Waals surface area contributed by atoms with Crippen LogP contribution in [0.1, 0.15) is 77.7 Å². The molecule has 1 aliphatic rings. The number of nitrogens with zero attached hydrogens (tertiary/aromatic N) is 1. The minimum absolute atomic E-state index is 0.0935. The van der Waals surface area contributed by atoms with Gasteiger partial charge in [0.15, 0.2) is 0 Å². The van der Waals surface area contributed by atoms with E-state index < -0.39 is 0 Å². The average Bonchev–Trinajstić information content (AvgIpc) is 3.18. The quantitative estimate of drug-likeness (QED) is 0.416. The van der Waals surface area contributed by atoms with Gasteiger partial charge in [-0.05, 0) is 56.7 Å². The Kier molecular flexibility index (Phi) is 10.6. The summed E-state index contributed by atoms with van der Waals surface area (Å²) in [5, 5.41) is 1.30. The molecule has 0 bridgehead atoms. The van der Waals surface area contributed by atoms with Gasteiger partial charge in [-0.15, -0.1) is 0 Å². The number of fused-ring (bicyclic) bond motifs is 3. The first-order valence-corrected chi connectivity index (χ1v) is 12.6. The number of hydrogen-bond donors (Lipinski definition) is 1. The lowest BCUT2D eigenvalue weighted by Crippen LogP contribution is -2.40.